The van der Waals surface area contributed by atoms with E-state index in [0.29, 0.717) is 0 Å². The van der Waals surface area contributed by atoms with Crippen LogP contribution in [-0.4, -0.2) is 31.7 Å². The molecule has 0 fully saturated rings. The van der Waals surface area contributed by atoms with Crippen LogP contribution in [0.3, 0.4) is 0 Å². The van der Waals surface area contributed by atoms with E-state index in [1.54, 1.807) is 0 Å². The highest BCUT2D eigenvalue weighted by atomic mass is 16.5. The fourth-order valence-corrected chi connectivity index (χ4v) is 2.82. The van der Waals surface area contributed by atoms with Gasteiger partial charge in [-0.05, 0) is 22.9 Å². The largest absolute Gasteiger partial charge is 0.488 e. The molecule has 0 saturated heterocycles. The molecule has 23 heavy (non-hydrogen) atoms. The average Bonchev–Trinajstić information content (AvgIpc) is 2.55. The van der Waals surface area contributed by atoms with Crippen molar-refractivity contribution in [3.63, 3.8) is 0 Å². The van der Waals surface area contributed by atoms with E-state index in [1.165, 1.54) is 16.3 Å². The maximum atomic E-state index is 5.97. The normalized spacial score (nSPS) is 11.6. The molecule has 3 aromatic carbocycles. The van der Waals surface area contributed by atoms with Crippen molar-refractivity contribution in [1.29, 1.82) is 0 Å². The predicted octanol–water partition coefficient (Wildman–Crippen LogP) is 4.50. The van der Waals surface area contributed by atoms with Gasteiger partial charge in [-0.1, -0.05) is 60.7 Å². The Hall–Kier alpha value is -2.32. The zero-order valence-electron chi connectivity index (χ0n) is 13.9. The van der Waals surface area contributed by atoms with Crippen molar-refractivity contribution < 1.29 is 9.22 Å². The maximum absolute atomic E-state index is 5.97. The lowest BCUT2D eigenvalue weighted by Crippen LogP contribution is -2.41. The summed E-state index contributed by atoms with van der Waals surface area (Å²) in [6.07, 6.45) is 0. The number of likely N-dealkylation sites (N-methyl/N-ethyl adjacent to an activating group) is 1. The molecule has 0 aliphatic carbocycles. The van der Waals surface area contributed by atoms with Gasteiger partial charge in [-0.15, -0.1) is 0 Å². The first kappa shape index (κ1) is 15.6. The van der Waals surface area contributed by atoms with Crippen LogP contribution in [0.25, 0.3) is 10.8 Å². The lowest BCUT2D eigenvalue weighted by Gasteiger charge is -2.29. The molecule has 0 spiro atoms. The summed E-state index contributed by atoms with van der Waals surface area (Å²) in [5.74, 6) is 0.948. The monoisotopic (exact) mass is 306 g/mol. The molecule has 0 aliphatic rings. The smallest absolute Gasteiger partial charge is 0.137 e. The molecule has 2 heteroatoms. The highest BCUT2D eigenvalue weighted by Crippen LogP contribution is 2.20. The molecule has 2 nitrogen and oxygen atoms in total. The highest BCUT2D eigenvalue weighted by Gasteiger charge is 2.15. The second-order valence-electron chi connectivity index (χ2n) is 6.66. The third kappa shape index (κ3) is 4.33. The SMILES string of the molecule is C[N+](C)(CCOc1ccc2ccccc2c1)Cc1ccccc1. The molecule has 0 aromatic heterocycles. The Bertz CT molecular complexity index is 765. The van der Waals surface area contributed by atoms with Gasteiger partial charge in [0.15, 0.2) is 0 Å². The molecule has 3 aromatic rings. The van der Waals surface area contributed by atoms with Crippen LogP contribution < -0.4 is 4.74 Å². The molecular formula is C21H24NO+. The van der Waals surface area contributed by atoms with Gasteiger partial charge in [0.2, 0.25) is 0 Å². The number of hydrogen-bond acceptors (Lipinski definition) is 1. The van der Waals surface area contributed by atoms with Crippen LogP contribution in [0, 0.1) is 0 Å². The molecule has 0 N–H and O–H groups in total. The van der Waals surface area contributed by atoms with Crippen LogP contribution >= 0.6 is 0 Å². The van der Waals surface area contributed by atoms with E-state index in [2.05, 4.69) is 86.9 Å². The van der Waals surface area contributed by atoms with Crippen molar-refractivity contribution in [3.8, 4) is 5.75 Å². The summed E-state index contributed by atoms with van der Waals surface area (Å²) in [6, 6.07) is 25.3. The second-order valence-corrected chi connectivity index (χ2v) is 6.66. The highest BCUT2D eigenvalue weighted by molar-refractivity contribution is 5.83. The summed E-state index contributed by atoms with van der Waals surface area (Å²) in [4.78, 5) is 0. The zero-order valence-corrected chi connectivity index (χ0v) is 13.9. The predicted molar refractivity (Wildman–Crippen MR) is 96.6 cm³/mol. The molecule has 0 saturated carbocycles. The fourth-order valence-electron chi connectivity index (χ4n) is 2.82. The van der Waals surface area contributed by atoms with Gasteiger partial charge in [0.05, 0.1) is 14.1 Å². The third-order valence-electron chi connectivity index (χ3n) is 4.14. The van der Waals surface area contributed by atoms with Crippen molar-refractivity contribution in [2.75, 3.05) is 27.2 Å². The first-order valence-corrected chi connectivity index (χ1v) is 8.10. The number of benzene rings is 3. The van der Waals surface area contributed by atoms with E-state index >= 15 is 0 Å². The van der Waals surface area contributed by atoms with E-state index in [-0.39, 0.29) is 0 Å². The Morgan fingerprint density at radius 2 is 1.48 bits per heavy atom. The molecule has 0 radical (unpaired) electrons. The minimum absolute atomic E-state index is 0.720. The van der Waals surface area contributed by atoms with Crippen LogP contribution in [0.5, 0.6) is 5.75 Å². The summed E-state index contributed by atoms with van der Waals surface area (Å²) in [7, 11) is 4.49. The van der Waals surface area contributed by atoms with Crippen molar-refractivity contribution in [2.24, 2.45) is 0 Å². The van der Waals surface area contributed by atoms with Gasteiger partial charge in [0.25, 0.3) is 0 Å². The first-order valence-electron chi connectivity index (χ1n) is 8.10. The Morgan fingerprint density at radius 1 is 0.783 bits per heavy atom. The van der Waals surface area contributed by atoms with Crippen LogP contribution in [0.1, 0.15) is 5.56 Å². The van der Waals surface area contributed by atoms with E-state index < -0.39 is 0 Å². The van der Waals surface area contributed by atoms with Crippen LogP contribution in [-0.2, 0) is 6.54 Å². The van der Waals surface area contributed by atoms with E-state index in [9.17, 15) is 0 Å². The number of ether oxygens (including phenoxy) is 1. The summed E-state index contributed by atoms with van der Waals surface area (Å²) in [5, 5.41) is 2.48. The zero-order chi connectivity index (χ0) is 16.1. The van der Waals surface area contributed by atoms with Gasteiger partial charge in [-0.2, -0.15) is 0 Å². The van der Waals surface area contributed by atoms with Gasteiger partial charge < -0.3 is 9.22 Å². The van der Waals surface area contributed by atoms with E-state index in [1.807, 2.05) is 0 Å². The summed E-state index contributed by atoms with van der Waals surface area (Å²) in [5.41, 5.74) is 1.36. The Kier molecular flexibility index (Phi) is 4.63. The Labute approximate surface area is 138 Å². The Balaban J connectivity index is 1.57. The first-order chi connectivity index (χ1) is 11.1. The molecule has 0 amide bonds. The van der Waals surface area contributed by atoms with Crippen LogP contribution in [0.4, 0.5) is 0 Å². The topological polar surface area (TPSA) is 9.23 Å². The molecule has 0 bridgehead atoms. The van der Waals surface area contributed by atoms with Crippen molar-refractivity contribution in [2.45, 2.75) is 6.54 Å². The van der Waals surface area contributed by atoms with Gasteiger partial charge in [0.1, 0.15) is 25.4 Å². The van der Waals surface area contributed by atoms with Crippen LogP contribution in [0.2, 0.25) is 0 Å². The third-order valence-corrected chi connectivity index (χ3v) is 4.14. The summed E-state index contributed by atoms with van der Waals surface area (Å²) in [6.45, 7) is 2.71. The lowest BCUT2D eigenvalue weighted by atomic mass is 10.1. The number of quaternary nitrogens is 1. The second kappa shape index (κ2) is 6.84. The fraction of sp³-hybridized carbons (Fsp3) is 0.238. The van der Waals surface area contributed by atoms with E-state index in [4.69, 9.17) is 4.74 Å². The van der Waals surface area contributed by atoms with Gasteiger partial charge in [-0.25, -0.2) is 0 Å². The molecule has 0 heterocycles. The number of nitrogens with zero attached hydrogens (tertiary/aromatic N) is 1. The van der Waals surface area contributed by atoms with Crippen molar-refractivity contribution in [1.82, 2.24) is 0 Å². The molecular weight excluding hydrogens is 282 g/mol. The molecule has 0 atom stereocenters. The minimum Gasteiger partial charge on any atom is -0.488 e. The van der Waals surface area contributed by atoms with Crippen LogP contribution in [0.15, 0.2) is 72.8 Å². The van der Waals surface area contributed by atoms with Gasteiger partial charge >= 0.3 is 0 Å². The molecule has 3 rings (SSSR count). The molecule has 0 aliphatic heterocycles. The maximum Gasteiger partial charge on any atom is 0.137 e. The van der Waals surface area contributed by atoms with Crippen molar-refractivity contribution >= 4 is 10.8 Å². The quantitative estimate of drug-likeness (QED) is 0.609. The molecule has 118 valence electrons. The lowest BCUT2D eigenvalue weighted by molar-refractivity contribution is -0.903. The number of rotatable bonds is 6. The average molecular weight is 306 g/mol. The number of fused-ring (bicyclic) bond motifs is 1. The van der Waals surface area contributed by atoms with Gasteiger partial charge in [0, 0.05) is 5.56 Å². The summed E-state index contributed by atoms with van der Waals surface area (Å²) >= 11 is 0. The minimum atomic E-state index is 0.720. The standard InChI is InChI=1S/C21H24NO/c1-22(2,17-18-8-4-3-5-9-18)14-15-23-21-13-12-19-10-6-7-11-20(19)16-21/h3-13,16H,14-15,17H2,1-2H3/q+1. The van der Waals surface area contributed by atoms with Gasteiger partial charge in [-0.3, -0.25) is 0 Å². The molecule has 0 unspecified atom stereocenters. The Morgan fingerprint density at radius 3 is 2.26 bits per heavy atom. The summed E-state index contributed by atoms with van der Waals surface area (Å²) < 4.78 is 6.89. The van der Waals surface area contributed by atoms with E-state index in [0.717, 1.165) is 29.9 Å². The number of hydrogen-bond donors (Lipinski definition) is 0. The van der Waals surface area contributed by atoms with Crippen molar-refractivity contribution in [3.05, 3.63) is 78.4 Å².